The lowest BCUT2D eigenvalue weighted by Crippen LogP contribution is -2.49. The van der Waals surface area contributed by atoms with Gasteiger partial charge in [0.05, 0.1) is 6.61 Å². The van der Waals surface area contributed by atoms with E-state index in [1.165, 1.54) is 32.1 Å². The molecule has 0 aliphatic heterocycles. The van der Waals surface area contributed by atoms with Crippen LogP contribution in [0.25, 0.3) is 0 Å². The smallest absolute Gasteiger partial charge is 0.355 e. The van der Waals surface area contributed by atoms with Gasteiger partial charge in [-0.2, -0.15) is 0 Å². The molecule has 0 atom stereocenters. The number of rotatable bonds is 6. The first kappa shape index (κ1) is 20.7. The summed E-state index contributed by atoms with van der Waals surface area (Å²) < 4.78 is 5.17. The molecule has 2 fully saturated rings. The predicted octanol–water partition coefficient (Wildman–Crippen LogP) is 4.60. The molecule has 0 unspecified atom stereocenters. The third-order valence-corrected chi connectivity index (χ3v) is 6.36. The summed E-state index contributed by atoms with van der Waals surface area (Å²) in [6, 6.07) is 0.633. The highest BCUT2D eigenvalue weighted by atomic mass is 16.5. The highest BCUT2D eigenvalue weighted by Gasteiger charge is 2.30. The summed E-state index contributed by atoms with van der Waals surface area (Å²) in [5, 5.41) is 3.27. The number of hydrogen-bond donors (Lipinski definition) is 2. The molecule has 2 saturated carbocycles. The van der Waals surface area contributed by atoms with Crippen molar-refractivity contribution in [1.29, 1.82) is 0 Å². The molecule has 6 nitrogen and oxygen atoms in total. The Kier molecular flexibility index (Phi) is 7.03. The van der Waals surface area contributed by atoms with Crippen LogP contribution in [-0.4, -0.2) is 40.6 Å². The van der Waals surface area contributed by atoms with Crippen LogP contribution < -0.4 is 5.32 Å². The maximum atomic E-state index is 13.2. The fraction of sp³-hybridized carbons (Fsp3) is 0.727. The summed E-state index contributed by atoms with van der Waals surface area (Å²) in [6.07, 6.45) is 10.3. The molecule has 6 heteroatoms. The molecule has 0 bridgehead atoms. The number of carbonyl (C=O) groups excluding carboxylic acids is 2. The van der Waals surface area contributed by atoms with Gasteiger partial charge in [-0.05, 0) is 57.6 Å². The van der Waals surface area contributed by atoms with Gasteiger partial charge in [-0.25, -0.2) is 9.59 Å². The molecule has 0 radical (unpaired) electrons. The Morgan fingerprint density at radius 2 is 1.71 bits per heavy atom. The van der Waals surface area contributed by atoms with Crippen molar-refractivity contribution in [2.45, 2.75) is 97.2 Å². The minimum absolute atomic E-state index is 0.0523. The maximum Gasteiger partial charge on any atom is 0.355 e. The van der Waals surface area contributed by atoms with Crippen LogP contribution in [-0.2, 0) is 11.3 Å². The molecule has 2 aliphatic rings. The van der Waals surface area contributed by atoms with Crippen LogP contribution in [0.1, 0.15) is 92.0 Å². The lowest BCUT2D eigenvalue weighted by molar-refractivity contribution is 0.0519. The first-order valence-corrected chi connectivity index (χ1v) is 10.9. The number of urea groups is 1. The first-order chi connectivity index (χ1) is 13.5. The second kappa shape index (κ2) is 9.48. The van der Waals surface area contributed by atoms with Gasteiger partial charge in [0.2, 0.25) is 0 Å². The minimum Gasteiger partial charge on any atom is -0.461 e. The van der Waals surface area contributed by atoms with Crippen LogP contribution in [0.15, 0.2) is 0 Å². The molecule has 1 heterocycles. The van der Waals surface area contributed by atoms with Crippen LogP contribution in [0, 0.1) is 13.8 Å². The topological polar surface area (TPSA) is 74.4 Å². The van der Waals surface area contributed by atoms with Crippen molar-refractivity contribution in [2.75, 3.05) is 6.61 Å². The van der Waals surface area contributed by atoms with Crippen LogP contribution >= 0.6 is 0 Å². The van der Waals surface area contributed by atoms with Crippen LogP contribution in [0.2, 0.25) is 0 Å². The van der Waals surface area contributed by atoms with E-state index in [4.69, 9.17) is 4.74 Å². The van der Waals surface area contributed by atoms with Crippen LogP contribution in [0.3, 0.4) is 0 Å². The fourth-order valence-corrected chi connectivity index (χ4v) is 4.69. The van der Waals surface area contributed by atoms with Gasteiger partial charge in [0.15, 0.2) is 0 Å². The number of carbonyl (C=O) groups is 2. The van der Waals surface area contributed by atoms with Gasteiger partial charge in [0, 0.05) is 24.3 Å². The van der Waals surface area contributed by atoms with Gasteiger partial charge in [-0.15, -0.1) is 0 Å². The van der Waals surface area contributed by atoms with Crippen molar-refractivity contribution in [3.63, 3.8) is 0 Å². The molecular formula is C22H35N3O3. The molecule has 2 aliphatic carbocycles. The van der Waals surface area contributed by atoms with Crippen molar-refractivity contribution in [3.05, 3.63) is 22.5 Å². The third kappa shape index (κ3) is 4.70. The Morgan fingerprint density at radius 1 is 1.07 bits per heavy atom. The number of amides is 2. The quantitative estimate of drug-likeness (QED) is 0.699. The number of nitrogens with zero attached hydrogens (tertiary/aromatic N) is 1. The number of aromatic amines is 1. The van der Waals surface area contributed by atoms with Gasteiger partial charge < -0.3 is 19.9 Å². The Balaban J connectivity index is 1.80. The molecular weight excluding hydrogens is 354 g/mol. The van der Waals surface area contributed by atoms with Crippen molar-refractivity contribution in [3.8, 4) is 0 Å². The highest BCUT2D eigenvalue weighted by Crippen LogP contribution is 2.28. The average Bonchev–Trinajstić information content (AvgIpc) is 3.29. The SMILES string of the molecule is CCOC(=O)c1[nH]c(C)c(CN(C(=O)NC2CCCC2)C2CCCCC2)c1C. The van der Waals surface area contributed by atoms with Crippen molar-refractivity contribution >= 4 is 12.0 Å². The number of aromatic nitrogens is 1. The zero-order valence-electron chi connectivity index (χ0n) is 17.6. The van der Waals surface area contributed by atoms with Gasteiger partial charge in [-0.1, -0.05) is 32.1 Å². The predicted molar refractivity (Wildman–Crippen MR) is 109 cm³/mol. The summed E-state index contributed by atoms with van der Waals surface area (Å²) >= 11 is 0. The molecule has 2 N–H and O–H groups in total. The molecule has 0 spiro atoms. The fourth-order valence-electron chi connectivity index (χ4n) is 4.69. The first-order valence-electron chi connectivity index (χ1n) is 10.9. The van der Waals surface area contributed by atoms with E-state index in [-0.39, 0.29) is 18.0 Å². The van der Waals surface area contributed by atoms with E-state index in [9.17, 15) is 9.59 Å². The number of esters is 1. The summed E-state index contributed by atoms with van der Waals surface area (Å²) in [6.45, 7) is 6.61. The lowest BCUT2D eigenvalue weighted by atomic mass is 9.93. The zero-order valence-corrected chi connectivity index (χ0v) is 17.6. The van der Waals surface area contributed by atoms with E-state index in [0.29, 0.717) is 24.9 Å². The minimum atomic E-state index is -0.325. The number of H-pyrrole nitrogens is 1. The number of aryl methyl sites for hydroxylation is 1. The molecule has 3 rings (SSSR count). The monoisotopic (exact) mass is 389 g/mol. The molecule has 1 aromatic rings. The number of hydrogen-bond acceptors (Lipinski definition) is 3. The van der Waals surface area contributed by atoms with Crippen LogP contribution in [0.5, 0.6) is 0 Å². The summed E-state index contributed by atoms with van der Waals surface area (Å²) in [4.78, 5) is 30.6. The highest BCUT2D eigenvalue weighted by molar-refractivity contribution is 5.90. The molecule has 0 saturated heterocycles. The molecule has 2 amide bonds. The average molecular weight is 390 g/mol. The summed E-state index contributed by atoms with van der Waals surface area (Å²) in [5.74, 6) is -0.325. The second-order valence-corrected chi connectivity index (χ2v) is 8.30. The molecule has 156 valence electrons. The van der Waals surface area contributed by atoms with E-state index in [2.05, 4.69) is 10.3 Å². The zero-order chi connectivity index (χ0) is 20.1. The van der Waals surface area contributed by atoms with E-state index in [1.54, 1.807) is 0 Å². The number of nitrogens with one attached hydrogen (secondary N) is 2. The van der Waals surface area contributed by atoms with Gasteiger partial charge in [-0.3, -0.25) is 0 Å². The Morgan fingerprint density at radius 3 is 2.36 bits per heavy atom. The Labute approximate surface area is 168 Å². The summed E-state index contributed by atoms with van der Waals surface area (Å²) in [7, 11) is 0. The molecule has 0 aromatic carbocycles. The largest absolute Gasteiger partial charge is 0.461 e. The van der Waals surface area contributed by atoms with E-state index >= 15 is 0 Å². The van der Waals surface area contributed by atoms with E-state index in [1.807, 2.05) is 25.7 Å². The standard InChI is InChI=1S/C22H35N3O3/c1-4-28-21(26)20-15(2)19(16(3)23-20)14-25(18-12-6-5-7-13-18)22(27)24-17-10-8-9-11-17/h17-18,23H,4-14H2,1-3H3,(H,24,27). The summed E-state index contributed by atoms with van der Waals surface area (Å²) in [5.41, 5.74) is 3.38. The van der Waals surface area contributed by atoms with Gasteiger partial charge in [0.25, 0.3) is 0 Å². The maximum absolute atomic E-state index is 13.2. The van der Waals surface area contributed by atoms with Crippen molar-refractivity contribution in [2.24, 2.45) is 0 Å². The van der Waals surface area contributed by atoms with E-state index in [0.717, 1.165) is 42.5 Å². The number of ether oxygens (including phenoxy) is 1. The van der Waals surface area contributed by atoms with Crippen molar-refractivity contribution in [1.82, 2.24) is 15.2 Å². The van der Waals surface area contributed by atoms with Gasteiger partial charge in [0.1, 0.15) is 5.69 Å². The molecule has 28 heavy (non-hydrogen) atoms. The normalized spacial score (nSPS) is 18.2. The Hall–Kier alpha value is -1.98. The van der Waals surface area contributed by atoms with Crippen molar-refractivity contribution < 1.29 is 14.3 Å². The van der Waals surface area contributed by atoms with Crippen LogP contribution in [0.4, 0.5) is 4.79 Å². The van der Waals surface area contributed by atoms with E-state index < -0.39 is 0 Å². The lowest BCUT2D eigenvalue weighted by Gasteiger charge is -2.35. The second-order valence-electron chi connectivity index (χ2n) is 8.30. The Bertz CT molecular complexity index is 685. The third-order valence-electron chi connectivity index (χ3n) is 6.36. The molecule has 1 aromatic heterocycles. The van der Waals surface area contributed by atoms with Gasteiger partial charge >= 0.3 is 12.0 Å².